The van der Waals surface area contributed by atoms with E-state index in [-0.39, 0.29) is 10.8 Å². The number of hydrogen-bond acceptors (Lipinski definition) is 7. The van der Waals surface area contributed by atoms with Crippen LogP contribution in [0.15, 0.2) is 72.0 Å². The smallest absolute Gasteiger partial charge is 0.256 e. The topological polar surface area (TPSA) is 106 Å². The molecule has 3 heterocycles. The van der Waals surface area contributed by atoms with Crippen LogP contribution >= 0.6 is 0 Å². The van der Waals surface area contributed by atoms with Crippen LogP contribution in [0.25, 0.3) is 16.6 Å². The Labute approximate surface area is 209 Å². The predicted octanol–water partition coefficient (Wildman–Crippen LogP) is 2.63. The summed E-state index contributed by atoms with van der Waals surface area (Å²) in [6.07, 6.45) is 4.53. The summed E-state index contributed by atoms with van der Waals surface area (Å²) in [7, 11) is -1.71. The number of ether oxygens (including phenoxy) is 1. The van der Waals surface area contributed by atoms with Crippen LogP contribution in [0.5, 0.6) is 0 Å². The standard InChI is InChI=1S/C26H27N5O4S/c1-18-4-6-19(7-5-18)13-27-25(32)26(35-2)15-30(16-26)24-23-12-21(14-31(23)29-17-28-24)20-8-10-22(11-9-20)36(3,33)34/h4-12,14,17H,13,15-16H2,1-3H3,(H,27,32). The Bertz CT molecular complexity index is 1520. The molecule has 0 saturated carbocycles. The molecule has 1 N–H and O–H groups in total. The summed E-state index contributed by atoms with van der Waals surface area (Å²) in [4.78, 5) is 19.7. The normalized spacial score (nSPS) is 15.0. The van der Waals surface area contributed by atoms with Crippen LogP contribution in [0.3, 0.4) is 0 Å². The van der Waals surface area contributed by atoms with Gasteiger partial charge in [-0.3, -0.25) is 4.79 Å². The third-order valence-electron chi connectivity index (χ3n) is 6.57. The zero-order chi connectivity index (χ0) is 25.5. The Balaban J connectivity index is 1.33. The number of fused-ring (bicyclic) bond motifs is 1. The Morgan fingerprint density at radius 1 is 1.08 bits per heavy atom. The van der Waals surface area contributed by atoms with Gasteiger partial charge in [0.25, 0.3) is 5.91 Å². The van der Waals surface area contributed by atoms with Crippen molar-refractivity contribution in [1.29, 1.82) is 0 Å². The molecule has 0 bridgehead atoms. The van der Waals surface area contributed by atoms with Crippen LogP contribution in [-0.2, 0) is 25.9 Å². The number of amides is 1. The first-order valence-corrected chi connectivity index (χ1v) is 13.4. The number of aromatic nitrogens is 3. The van der Waals surface area contributed by atoms with Crippen molar-refractivity contribution in [3.63, 3.8) is 0 Å². The number of carbonyl (C=O) groups excluding carboxylic acids is 1. The number of aryl methyl sites for hydroxylation is 1. The summed E-state index contributed by atoms with van der Waals surface area (Å²) < 4.78 is 30.9. The Kier molecular flexibility index (Phi) is 6.01. The van der Waals surface area contributed by atoms with Crippen molar-refractivity contribution in [2.45, 2.75) is 24.0 Å². The summed E-state index contributed by atoms with van der Waals surface area (Å²) >= 11 is 0. The predicted molar refractivity (Wildman–Crippen MR) is 137 cm³/mol. The number of methoxy groups -OCH3 is 1. The highest BCUT2D eigenvalue weighted by molar-refractivity contribution is 7.90. The van der Waals surface area contributed by atoms with E-state index in [1.165, 1.54) is 18.1 Å². The highest BCUT2D eigenvalue weighted by atomic mass is 32.2. The van der Waals surface area contributed by atoms with Crippen molar-refractivity contribution in [3.8, 4) is 11.1 Å². The molecule has 10 heteroatoms. The lowest BCUT2D eigenvalue weighted by Crippen LogP contribution is -2.70. The van der Waals surface area contributed by atoms with Gasteiger partial charge in [-0.25, -0.2) is 17.9 Å². The molecule has 1 saturated heterocycles. The van der Waals surface area contributed by atoms with Crippen molar-refractivity contribution in [1.82, 2.24) is 19.9 Å². The maximum atomic E-state index is 13.0. The van der Waals surface area contributed by atoms with E-state index in [2.05, 4.69) is 15.4 Å². The minimum atomic E-state index is -3.26. The molecule has 0 atom stereocenters. The molecular weight excluding hydrogens is 478 g/mol. The molecule has 4 aromatic rings. The molecule has 2 aromatic carbocycles. The first-order valence-electron chi connectivity index (χ1n) is 11.5. The molecular formula is C26H27N5O4S. The minimum Gasteiger partial charge on any atom is -0.365 e. The second-order valence-electron chi connectivity index (χ2n) is 9.16. The molecule has 0 radical (unpaired) electrons. The number of carbonyl (C=O) groups is 1. The van der Waals surface area contributed by atoms with Crippen molar-refractivity contribution >= 4 is 27.1 Å². The number of nitrogens with zero attached hydrogens (tertiary/aromatic N) is 4. The van der Waals surface area contributed by atoms with E-state index >= 15 is 0 Å². The van der Waals surface area contributed by atoms with Gasteiger partial charge < -0.3 is 15.0 Å². The van der Waals surface area contributed by atoms with Crippen LogP contribution in [-0.4, -0.2) is 61.0 Å². The molecule has 36 heavy (non-hydrogen) atoms. The van der Waals surface area contributed by atoms with E-state index in [9.17, 15) is 13.2 Å². The van der Waals surface area contributed by atoms with Gasteiger partial charge in [-0.15, -0.1) is 0 Å². The first-order chi connectivity index (χ1) is 17.2. The van der Waals surface area contributed by atoms with E-state index in [1.54, 1.807) is 35.9 Å². The summed E-state index contributed by atoms with van der Waals surface area (Å²) in [6.45, 7) is 3.18. The first kappa shape index (κ1) is 24.0. The molecule has 5 rings (SSSR count). The van der Waals surface area contributed by atoms with E-state index in [0.29, 0.717) is 25.5 Å². The summed E-state index contributed by atoms with van der Waals surface area (Å²) in [6, 6.07) is 16.7. The molecule has 0 aliphatic carbocycles. The van der Waals surface area contributed by atoms with Crippen LogP contribution in [0.4, 0.5) is 5.82 Å². The summed E-state index contributed by atoms with van der Waals surface area (Å²) in [5, 5.41) is 7.31. The van der Waals surface area contributed by atoms with E-state index in [1.807, 2.05) is 48.4 Å². The van der Waals surface area contributed by atoms with Gasteiger partial charge in [-0.2, -0.15) is 5.10 Å². The maximum Gasteiger partial charge on any atom is 0.256 e. The van der Waals surface area contributed by atoms with Gasteiger partial charge in [0.1, 0.15) is 11.8 Å². The lowest BCUT2D eigenvalue weighted by atomic mass is 9.92. The Hall–Kier alpha value is -3.76. The van der Waals surface area contributed by atoms with Crippen molar-refractivity contribution in [3.05, 3.63) is 78.2 Å². The van der Waals surface area contributed by atoms with Crippen molar-refractivity contribution in [2.75, 3.05) is 31.4 Å². The fourth-order valence-corrected chi connectivity index (χ4v) is 4.98. The number of rotatable bonds is 7. The maximum absolute atomic E-state index is 13.0. The molecule has 2 aromatic heterocycles. The van der Waals surface area contributed by atoms with Crippen LogP contribution < -0.4 is 10.2 Å². The molecule has 0 spiro atoms. The molecule has 186 valence electrons. The van der Waals surface area contributed by atoms with Crippen LogP contribution in [0, 0.1) is 6.92 Å². The van der Waals surface area contributed by atoms with E-state index in [4.69, 9.17) is 4.74 Å². The Morgan fingerprint density at radius 2 is 1.78 bits per heavy atom. The largest absolute Gasteiger partial charge is 0.365 e. The number of anilines is 1. The van der Waals surface area contributed by atoms with Crippen LogP contribution in [0.1, 0.15) is 11.1 Å². The zero-order valence-corrected chi connectivity index (χ0v) is 21.1. The number of sulfone groups is 1. The summed E-state index contributed by atoms with van der Waals surface area (Å²) in [5.41, 5.74) is 3.77. The van der Waals surface area contributed by atoms with Crippen LogP contribution in [0.2, 0.25) is 0 Å². The number of hydrogen-bond donors (Lipinski definition) is 1. The minimum absolute atomic E-state index is 0.158. The van der Waals surface area contributed by atoms with E-state index in [0.717, 1.165) is 22.2 Å². The van der Waals surface area contributed by atoms with Gasteiger partial charge in [-0.1, -0.05) is 42.0 Å². The lowest BCUT2D eigenvalue weighted by molar-refractivity contribution is -0.146. The third kappa shape index (κ3) is 4.45. The quantitative estimate of drug-likeness (QED) is 0.412. The average Bonchev–Trinajstić information content (AvgIpc) is 3.28. The second-order valence-corrected chi connectivity index (χ2v) is 11.2. The molecule has 1 amide bonds. The van der Waals surface area contributed by atoms with Crippen molar-refractivity contribution < 1.29 is 17.9 Å². The fourth-order valence-electron chi connectivity index (χ4n) is 4.35. The molecule has 1 aliphatic heterocycles. The zero-order valence-electron chi connectivity index (χ0n) is 20.3. The van der Waals surface area contributed by atoms with Gasteiger partial charge in [0.05, 0.1) is 18.0 Å². The number of benzene rings is 2. The summed E-state index contributed by atoms with van der Waals surface area (Å²) in [5.74, 6) is 0.539. The average molecular weight is 506 g/mol. The molecule has 9 nitrogen and oxygen atoms in total. The second kappa shape index (κ2) is 9.03. The van der Waals surface area contributed by atoms with E-state index < -0.39 is 15.4 Å². The lowest BCUT2D eigenvalue weighted by Gasteiger charge is -2.48. The number of nitrogens with one attached hydrogen (secondary N) is 1. The highest BCUT2D eigenvalue weighted by Crippen LogP contribution is 2.34. The van der Waals surface area contributed by atoms with Gasteiger partial charge >= 0.3 is 0 Å². The fraction of sp³-hybridized carbons (Fsp3) is 0.269. The van der Waals surface area contributed by atoms with Gasteiger partial charge in [0.2, 0.25) is 0 Å². The SMILES string of the molecule is COC1(C(=O)NCc2ccc(C)cc2)CN(c2ncnn3cc(-c4ccc(S(C)(=O)=O)cc4)cc23)C1. The van der Waals surface area contributed by atoms with Gasteiger partial charge in [-0.05, 0) is 36.2 Å². The van der Waals surface area contributed by atoms with Gasteiger partial charge in [0.15, 0.2) is 21.3 Å². The molecule has 1 fully saturated rings. The molecule has 0 unspecified atom stereocenters. The highest BCUT2D eigenvalue weighted by Gasteiger charge is 2.50. The Morgan fingerprint density at radius 3 is 2.42 bits per heavy atom. The molecule has 1 aliphatic rings. The monoisotopic (exact) mass is 505 g/mol. The van der Waals surface area contributed by atoms with Gasteiger partial charge in [0, 0.05) is 31.7 Å². The van der Waals surface area contributed by atoms with Crippen molar-refractivity contribution in [2.24, 2.45) is 0 Å². The third-order valence-corrected chi connectivity index (χ3v) is 7.70.